The summed E-state index contributed by atoms with van der Waals surface area (Å²) in [5, 5.41) is 1.51. The Hall–Kier alpha value is -0.870. The average molecular weight is 324 g/mol. The predicted molar refractivity (Wildman–Crippen MR) is 91.6 cm³/mol. The Bertz CT molecular complexity index is 632. The second-order valence-electron chi connectivity index (χ2n) is 6.13. The summed E-state index contributed by atoms with van der Waals surface area (Å²) in [6, 6.07) is 2.80. The average Bonchev–Trinajstić information content (AvgIpc) is 2.89. The fraction of sp³-hybridized carbons (Fsp3) is 0.625. The zero-order valence-corrected chi connectivity index (χ0v) is 14.5. The first kappa shape index (κ1) is 15.0. The van der Waals surface area contributed by atoms with Crippen molar-refractivity contribution >= 4 is 39.0 Å². The van der Waals surface area contributed by atoms with Gasteiger partial charge in [0.15, 0.2) is 0 Å². The largest absolute Gasteiger partial charge is 0.356 e. The Balaban J connectivity index is 1.96. The number of aromatic nitrogens is 2. The number of thiophene rings is 1. The second-order valence-corrected chi connectivity index (χ2v) is 7.58. The molecule has 114 valence electrons. The van der Waals surface area contributed by atoms with E-state index < -0.39 is 0 Å². The van der Waals surface area contributed by atoms with Crippen LogP contribution in [-0.2, 0) is 6.42 Å². The van der Waals surface area contributed by atoms with Crippen LogP contribution in [0.25, 0.3) is 10.2 Å². The summed E-state index contributed by atoms with van der Waals surface area (Å²) >= 11 is 7.87. The molecular weight excluding hydrogens is 302 g/mol. The van der Waals surface area contributed by atoms with Crippen molar-refractivity contribution in [1.82, 2.24) is 9.97 Å². The molecule has 2 aromatic rings. The molecule has 0 aliphatic heterocycles. The van der Waals surface area contributed by atoms with Gasteiger partial charge in [-0.2, -0.15) is 4.98 Å². The number of halogens is 1. The van der Waals surface area contributed by atoms with E-state index in [2.05, 4.69) is 41.8 Å². The lowest BCUT2D eigenvalue weighted by Gasteiger charge is -2.34. The van der Waals surface area contributed by atoms with E-state index in [1.165, 1.54) is 30.6 Å². The zero-order valence-electron chi connectivity index (χ0n) is 12.9. The van der Waals surface area contributed by atoms with Gasteiger partial charge in [-0.15, -0.1) is 11.3 Å². The first-order chi connectivity index (χ1) is 10.1. The Kier molecular flexibility index (Phi) is 4.36. The summed E-state index contributed by atoms with van der Waals surface area (Å²) in [6.07, 6.45) is 6.13. The van der Waals surface area contributed by atoms with Crippen LogP contribution < -0.4 is 4.90 Å². The smallest absolute Gasteiger partial charge is 0.225 e. The van der Waals surface area contributed by atoms with Crippen LogP contribution in [0.4, 0.5) is 5.82 Å². The van der Waals surface area contributed by atoms with Crippen molar-refractivity contribution in [3.05, 3.63) is 16.2 Å². The number of hydrogen-bond donors (Lipinski definition) is 0. The molecule has 21 heavy (non-hydrogen) atoms. The molecule has 1 aliphatic carbocycles. The minimum absolute atomic E-state index is 0.359. The van der Waals surface area contributed by atoms with Gasteiger partial charge in [0, 0.05) is 18.0 Å². The fourth-order valence-electron chi connectivity index (χ4n) is 3.18. The van der Waals surface area contributed by atoms with Crippen molar-refractivity contribution in [3.63, 3.8) is 0 Å². The summed E-state index contributed by atoms with van der Waals surface area (Å²) in [5.74, 6) is 1.86. The van der Waals surface area contributed by atoms with Gasteiger partial charge in [-0.3, -0.25) is 0 Å². The lowest BCUT2D eigenvalue weighted by molar-refractivity contribution is 0.340. The Morgan fingerprint density at radius 1 is 1.29 bits per heavy atom. The number of fused-ring (bicyclic) bond motifs is 1. The van der Waals surface area contributed by atoms with Crippen LogP contribution in [0.5, 0.6) is 0 Å². The van der Waals surface area contributed by atoms with E-state index in [9.17, 15) is 0 Å². The Morgan fingerprint density at radius 2 is 2.00 bits per heavy atom. The van der Waals surface area contributed by atoms with Crippen molar-refractivity contribution in [3.8, 4) is 0 Å². The van der Waals surface area contributed by atoms with Gasteiger partial charge >= 0.3 is 0 Å². The maximum atomic E-state index is 6.14. The zero-order chi connectivity index (χ0) is 15.0. The molecule has 0 N–H and O–H groups in total. The number of aryl methyl sites for hydroxylation is 1. The molecule has 3 nitrogen and oxygen atoms in total. The van der Waals surface area contributed by atoms with Crippen molar-refractivity contribution in [2.75, 3.05) is 11.9 Å². The molecule has 0 aromatic carbocycles. The molecule has 1 fully saturated rings. The van der Waals surface area contributed by atoms with E-state index in [-0.39, 0.29) is 0 Å². The molecule has 3 rings (SSSR count). The van der Waals surface area contributed by atoms with Gasteiger partial charge in [0.25, 0.3) is 0 Å². The molecule has 0 unspecified atom stereocenters. The summed E-state index contributed by atoms with van der Waals surface area (Å²) in [5.41, 5.74) is 0. The third kappa shape index (κ3) is 3.02. The maximum absolute atomic E-state index is 6.14. The highest BCUT2D eigenvalue weighted by atomic mass is 35.5. The monoisotopic (exact) mass is 323 g/mol. The topological polar surface area (TPSA) is 29.0 Å². The van der Waals surface area contributed by atoms with E-state index in [4.69, 9.17) is 11.6 Å². The molecule has 1 aliphatic rings. The highest BCUT2D eigenvalue weighted by Crippen LogP contribution is 2.35. The van der Waals surface area contributed by atoms with E-state index >= 15 is 0 Å². The predicted octanol–water partition coefficient (Wildman–Crippen LogP) is 4.92. The van der Waals surface area contributed by atoms with E-state index in [1.54, 1.807) is 11.3 Å². The molecule has 0 bridgehead atoms. The van der Waals surface area contributed by atoms with Gasteiger partial charge < -0.3 is 4.90 Å². The van der Waals surface area contributed by atoms with Gasteiger partial charge in [-0.25, -0.2) is 4.98 Å². The van der Waals surface area contributed by atoms with E-state index in [0.717, 1.165) is 28.4 Å². The molecule has 5 heteroatoms. The van der Waals surface area contributed by atoms with Crippen LogP contribution in [0.1, 0.15) is 44.4 Å². The van der Waals surface area contributed by atoms with Crippen LogP contribution in [0, 0.1) is 5.92 Å². The standard InChI is InChI=1S/C16H22ClN3S/c1-4-12-9-13-14(18-16(17)19-15(13)21-12)20(3)11-7-5-10(2)6-8-11/h9-11H,4-8H2,1-3H3. The third-order valence-electron chi connectivity index (χ3n) is 4.61. The van der Waals surface area contributed by atoms with Crippen LogP contribution in [-0.4, -0.2) is 23.1 Å². The van der Waals surface area contributed by atoms with Crippen LogP contribution >= 0.6 is 22.9 Å². The quantitative estimate of drug-likeness (QED) is 0.750. The minimum atomic E-state index is 0.359. The van der Waals surface area contributed by atoms with Gasteiger partial charge in [0.05, 0.1) is 5.39 Å². The second kappa shape index (κ2) is 6.09. The summed E-state index contributed by atoms with van der Waals surface area (Å²) in [7, 11) is 2.15. The van der Waals surface area contributed by atoms with E-state index in [1.807, 2.05) is 0 Å². The Morgan fingerprint density at radius 3 is 2.67 bits per heavy atom. The summed E-state index contributed by atoms with van der Waals surface area (Å²) in [4.78, 5) is 13.6. The molecule has 0 radical (unpaired) electrons. The summed E-state index contributed by atoms with van der Waals surface area (Å²) in [6.45, 7) is 4.52. The number of anilines is 1. The van der Waals surface area contributed by atoms with Crippen molar-refractivity contribution in [1.29, 1.82) is 0 Å². The molecule has 0 atom stereocenters. The minimum Gasteiger partial charge on any atom is -0.356 e. The molecule has 2 heterocycles. The third-order valence-corrected chi connectivity index (χ3v) is 5.95. The first-order valence-corrected chi connectivity index (χ1v) is 8.96. The number of rotatable bonds is 3. The highest BCUT2D eigenvalue weighted by molar-refractivity contribution is 7.18. The lowest BCUT2D eigenvalue weighted by Crippen LogP contribution is -2.35. The summed E-state index contributed by atoms with van der Waals surface area (Å²) < 4.78 is 0. The van der Waals surface area contributed by atoms with Crippen LogP contribution in [0.3, 0.4) is 0 Å². The van der Waals surface area contributed by atoms with Gasteiger partial charge in [-0.1, -0.05) is 13.8 Å². The Labute approximate surface area is 135 Å². The number of hydrogen-bond acceptors (Lipinski definition) is 4. The molecule has 0 spiro atoms. The molecule has 0 amide bonds. The fourth-order valence-corrected chi connectivity index (χ4v) is 4.35. The van der Waals surface area contributed by atoms with Crippen molar-refractivity contribution in [2.24, 2.45) is 5.92 Å². The molecule has 0 saturated heterocycles. The molecule has 1 saturated carbocycles. The van der Waals surface area contributed by atoms with Gasteiger partial charge in [0.1, 0.15) is 10.6 Å². The molecule has 2 aromatic heterocycles. The lowest BCUT2D eigenvalue weighted by atomic mass is 9.87. The van der Waals surface area contributed by atoms with Gasteiger partial charge in [-0.05, 0) is 55.7 Å². The normalized spacial score (nSPS) is 22.7. The maximum Gasteiger partial charge on any atom is 0.225 e. The van der Waals surface area contributed by atoms with Crippen LogP contribution in [0.15, 0.2) is 6.07 Å². The number of nitrogens with zero attached hydrogens (tertiary/aromatic N) is 3. The van der Waals surface area contributed by atoms with Crippen molar-refractivity contribution < 1.29 is 0 Å². The highest BCUT2D eigenvalue weighted by Gasteiger charge is 2.24. The first-order valence-electron chi connectivity index (χ1n) is 7.77. The van der Waals surface area contributed by atoms with E-state index in [0.29, 0.717) is 11.3 Å². The molecular formula is C16H22ClN3S. The van der Waals surface area contributed by atoms with Gasteiger partial charge in [0.2, 0.25) is 5.28 Å². The van der Waals surface area contributed by atoms with Crippen LogP contribution in [0.2, 0.25) is 5.28 Å². The SMILES string of the molecule is CCc1cc2c(N(C)C3CCC(C)CC3)nc(Cl)nc2s1. The van der Waals surface area contributed by atoms with Crippen molar-refractivity contribution in [2.45, 2.75) is 52.0 Å².